The topological polar surface area (TPSA) is 219 Å². The Hall–Kier alpha value is -6.31. The third-order valence-electron chi connectivity index (χ3n) is 15.5. The van der Waals surface area contributed by atoms with Crippen LogP contribution in [0, 0.1) is 12.8 Å². The Labute approximate surface area is 417 Å². The maximum Gasteiger partial charge on any atom is 0.258 e. The Morgan fingerprint density at radius 3 is 2.34 bits per heavy atom. The minimum atomic E-state index is -1.97. The number of aromatic nitrogens is 5. The van der Waals surface area contributed by atoms with Gasteiger partial charge in [0, 0.05) is 68.7 Å². The van der Waals surface area contributed by atoms with E-state index in [2.05, 4.69) is 47.6 Å². The molecular formula is C52H63FN12O5S. The number of carbonyl (C=O) groups is 3. The molecule has 2 saturated carbocycles. The fourth-order valence-corrected chi connectivity index (χ4v) is 12.0. The number of hydrogen-bond acceptors (Lipinski definition) is 15. The first-order chi connectivity index (χ1) is 34.3. The highest BCUT2D eigenvalue weighted by Crippen LogP contribution is 2.41. The van der Waals surface area contributed by atoms with Crippen LogP contribution in [0.4, 0.5) is 21.8 Å². The molecule has 6 N–H and O–H groups in total. The highest BCUT2D eigenvalue weighted by molar-refractivity contribution is 7.13. The summed E-state index contributed by atoms with van der Waals surface area (Å²) < 4.78 is 15.1. The van der Waals surface area contributed by atoms with Crippen molar-refractivity contribution in [2.24, 2.45) is 5.92 Å². The van der Waals surface area contributed by atoms with Crippen LogP contribution in [0.1, 0.15) is 81.0 Å². The van der Waals surface area contributed by atoms with Gasteiger partial charge in [0.15, 0.2) is 11.5 Å². The molecule has 17 nitrogen and oxygen atoms in total. The number of rotatable bonds is 16. The molecular weight excluding hydrogens is 924 g/mol. The number of alkyl halides is 1. The van der Waals surface area contributed by atoms with E-state index in [1.54, 1.807) is 23.5 Å². The number of piperazine rings is 1. The number of phenolic OH excluding ortho intramolecular Hbond substituents is 1. The number of para-hydroxylation sites is 1. The van der Waals surface area contributed by atoms with Gasteiger partial charge in [0.2, 0.25) is 17.8 Å². The number of aliphatic hydroxyl groups is 1. The van der Waals surface area contributed by atoms with Gasteiger partial charge >= 0.3 is 0 Å². The summed E-state index contributed by atoms with van der Waals surface area (Å²) in [6, 6.07) is 15.6. The molecule has 2 bridgehead atoms. The summed E-state index contributed by atoms with van der Waals surface area (Å²) in [6.07, 6.45) is 9.94. The molecule has 2 aromatic carbocycles. The lowest BCUT2D eigenvalue weighted by Crippen LogP contribution is -2.58. The van der Waals surface area contributed by atoms with Gasteiger partial charge in [-0.2, -0.15) is 0 Å². The summed E-state index contributed by atoms with van der Waals surface area (Å²) in [5.41, 5.74) is 12.2. The Kier molecular flexibility index (Phi) is 13.9. The number of thiazole rings is 1. The molecule has 0 spiro atoms. The van der Waals surface area contributed by atoms with E-state index in [1.165, 1.54) is 4.90 Å². The van der Waals surface area contributed by atoms with Crippen molar-refractivity contribution in [3.63, 3.8) is 0 Å². The van der Waals surface area contributed by atoms with Gasteiger partial charge in [-0.3, -0.25) is 14.4 Å². The maximum atomic E-state index is 15.1. The number of aromatic hydroxyl groups is 1. The standard InChI is InChI=1S/C52H63FN12O5S/c1-31-46(71-30-58-31)35-11-9-32(10-12-35)24-55-48(68)43-22-39(66)29-64(43)49(69)45(59-50(70)52(53)19-20-52)34-13-15-36(16-14-34)62(2)21-5-6-33-25-56-51(57-26-33)65-37-17-18-38(65)28-63(27-37)42-23-41(60-61-47(42)54)40-7-3-4-8-44(40)67/h3-4,7-12,23,25-26,30,34,36-39,43,45,66-67H,5-6,13-22,24,27-29H2,1-2H3,(H2,54,61)(H,55,68)(H,59,70)/t34?,36?,37?,38?,39-,43+,45+/m1/s1. The van der Waals surface area contributed by atoms with Crippen LogP contribution in [0.5, 0.6) is 5.75 Å². The van der Waals surface area contributed by atoms with Crippen molar-refractivity contribution < 1.29 is 29.0 Å². The van der Waals surface area contributed by atoms with Crippen LogP contribution >= 0.6 is 11.3 Å². The number of nitrogens with one attached hydrogen (secondary N) is 2. The predicted molar refractivity (Wildman–Crippen MR) is 269 cm³/mol. The second-order valence-electron chi connectivity index (χ2n) is 20.3. The van der Waals surface area contributed by atoms with Crippen LogP contribution in [0.2, 0.25) is 0 Å². The van der Waals surface area contributed by atoms with Gasteiger partial charge in [0.1, 0.15) is 17.8 Å². The van der Waals surface area contributed by atoms with E-state index in [0.29, 0.717) is 29.9 Å². The molecule has 6 heterocycles. The molecule has 19 heteroatoms. The molecule has 5 aliphatic rings. The fraction of sp³-hybridized carbons (Fsp3) is 0.500. The smallest absolute Gasteiger partial charge is 0.258 e. The number of hydrogen-bond donors (Lipinski definition) is 5. The Bertz CT molecular complexity index is 2700. The molecule has 5 fully saturated rings. The number of nitrogens with zero attached hydrogens (tertiary/aromatic N) is 9. The van der Waals surface area contributed by atoms with Crippen molar-refractivity contribution in [3.8, 4) is 27.4 Å². The monoisotopic (exact) mass is 986 g/mol. The number of phenols is 1. The number of β-amino-alcohol motifs (C(OH)–C–C–N with tert-alkyl or cyclic N) is 1. The van der Waals surface area contributed by atoms with Crippen LogP contribution in [0.15, 0.2) is 72.5 Å². The van der Waals surface area contributed by atoms with Crippen LogP contribution in [0.3, 0.4) is 0 Å². The number of aryl methyl sites for hydroxylation is 2. The lowest BCUT2D eigenvalue weighted by atomic mass is 9.80. The average molecular weight is 987 g/mol. The zero-order chi connectivity index (χ0) is 49.4. The second kappa shape index (κ2) is 20.4. The number of carbonyl (C=O) groups excluding carboxylic acids is 3. The SMILES string of the molecule is Cc1ncsc1-c1ccc(CNC(=O)[C@@H]2C[C@@H](O)CN2C(=O)[C@@H](NC(=O)C2(F)CC2)C2CCC(N(C)CCCc3cnc(N4C5CCC4CN(c4cc(-c6ccccc6O)nnc4N)C5)nc3)CC2)cc1. The first-order valence-electron chi connectivity index (χ1n) is 25.0. The van der Waals surface area contributed by atoms with Crippen molar-refractivity contribution in [1.82, 2.24) is 45.6 Å². The lowest BCUT2D eigenvalue weighted by Gasteiger charge is -2.42. The number of amides is 3. The number of benzene rings is 2. The molecule has 0 radical (unpaired) electrons. The Balaban J connectivity index is 0.708. The zero-order valence-electron chi connectivity index (χ0n) is 40.3. The van der Waals surface area contributed by atoms with Crippen LogP contribution < -0.4 is 26.2 Å². The van der Waals surface area contributed by atoms with Crippen molar-refractivity contribution in [2.75, 3.05) is 48.8 Å². The number of likely N-dealkylation sites (tertiary alicyclic amines) is 1. The number of anilines is 3. The molecule has 10 rings (SSSR count). The van der Waals surface area contributed by atoms with E-state index in [1.807, 2.05) is 67.3 Å². The van der Waals surface area contributed by atoms with Crippen LogP contribution in [-0.2, 0) is 27.3 Å². The highest BCUT2D eigenvalue weighted by atomic mass is 32.1. The predicted octanol–water partition coefficient (Wildman–Crippen LogP) is 5.20. The molecule has 71 heavy (non-hydrogen) atoms. The first-order valence-corrected chi connectivity index (χ1v) is 25.9. The first kappa shape index (κ1) is 48.3. The third kappa shape index (κ3) is 10.4. The van der Waals surface area contributed by atoms with E-state index >= 15 is 4.39 Å². The van der Waals surface area contributed by atoms with Crippen molar-refractivity contribution >= 4 is 46.5 Å². The molecule has 2 aliphatic carbocycles. The van der Waals surface area contributed by atoms with Gasteiger partial charge in [0.25, 0.3) is 5.91 Å². The normalized spacial score (nSPS) is 24.0. The summed E-state index contributed by atoms with van der Waals surface area (Å²) in [4.78, 5) is 64.8. The minimum Gasteiger partial charge on any atom is -0.507 e. The highest BCUT2D eigenvalue weighted by Gasteiger charge is 2.53. The molecule has 3 saturated heterocycles. The Morgan fingerprint density at radius 1 is 0.944 bits per heavy atom. The molecule has 374 valence electrons. The summed E-state index contributed by atoms with van der Waals surface area (Å²) >= 11 is 1.57. The van der Waals surface area contributed by atoms with E-state index in [4.69, 9.17) is 15.7 Å². The van der Waals surface area contributed by atoms with E-state index in [9.17, 15) is 24.6 Å². The molecule has 3 aliphatic heterocycles. The summed E-state index contributed by atoms with van der Waals surface area (Å²) in [5.74, 6) is -0.615. The van der Waals surface area contributed by atoms with Gasteiger partial charge < -0.3 is 46.2 Å². The summed E-state index contributed by atoms with van der Waals surface area (Å²) in [5, 5.41) is 35.5. The largest absolute Gasteiger partial charge is 0.507 e. The van der Waals surface area contributed by atoms with Crippen molar-refractivity contribution in [3.05, 3.63) is 89.3 Å². The molecule has 5 atom stereocenters. The fourth-order valence-electron chi connectivity index (χ4n) is 11.2. The van der Waals surface area contributed by atoms with Gasteiger partial charge in [-0.15, -0.1) is 21.5 Å². The average Bonchev–Trinajstić information content (AvgIpc) is 3.64. The van der Waals surface area contributed by atoms with Gasteiger partial charge in [-0.05, 0) is 126 Å². The summed E-state index contributed by atoms with van der Waals surface area (Å²) in [6.45, 7) is 4.50. The van der Waals surface area contributed by atoms with Gasteiger partial charge in [-0.1, -0.05) is 36.4 Å². The Morgan fingerprint density at radius 2 is 1.66 bits per heavy atom. The number of fused-ring (bicyclic) bond motifs is 2. The lowest BCUT2D eigenvalue weighted by molar-refractivity contribution is -0.144. The molecule has 5 aromatic rings. The second-order valence-corrected chi connectivity index (χ2v) is 21.1. The van der Waals surface area contributed by atoms with Crippen LogP contribution in [-0.4, -0.2) is 138 Å². The number of nitrogen functional groups attached to an aromatic ring is 1. The maximum absolute atomic E-state index is 15.1. The number of aliphatic hydroxyl groups excluding tert-OH is 1. The minimum absolute atomic E-state index is 0.0394. The van der Waals surface area contributed by atoms with Crippen molar-refractivity contribution in [2.45, 2.75) is 126 Å². The summed E-state index contributed by atoms with van der Waals surface area (Å²) in [7, 11) is 2.12. The number of halogens is 1. The van der Waals surface area contributed by atoms with Crippen molar-refractivity contribution in [1.29, 1.82) is 0 Å². The molecule has 3 aromatic heterocycles. The zero-order valence-corrected chi connectivity index (χ0v) is 41.1. The van der Waals surface area contributed by atoms with E-state index < -0.39 is 35.7 Å². The molecule has 3 amide bonds. The van der Waals surface area contributed by atoms with Crippen LogP contribution in [0.25, 0.3) is 21.7 Å². The molecule has 2 unspecified atom stereocenters. The number of nitrogens with two attached hydrogens (primary N) is 1. The quantitative estimate of drug-likeness (QED) is 0.0859. The van der Waals surface area contributed by atoms with E-state index in [-0.39, 0.29) is 68.1 Å². The van der Waals surface area contributed by atoms with Gasteiger partial charge in [-0.25, -0.2) is 19.3 Å². The van der Waals surface area contributed by atoms with Gasteiger partial charge in [0.05, 0.1) is 33.6 Å². The third-order valence-corrected chi connectivity index (χ3v) is 16.5. The van der Waals surface area contributed by atoms with E-state index in [0.717, 1.165) is 97.1 Å².